The van der Waals surface area contributed by atoms with Gasteiger partial charge in [0.2, 0.25) is 5.91 Å². The van der Waals surface area contributed by atoms with Crippen LogP contribution in [0.25, 0.3) is 5.69 Å². The monoisotopic (exact) mass is 258 g/mol. The molecule has 0 fully saturated rings. The number of aromatic nitrogens is 3. The fourth-order valence-corrected chi connectivity index (χ4v) is 1.72. The van der Waals surface area contributed by atoms with Crippen molar-refractivity contribution < 1.29 is 4.79 Å². The third kappa shape index (κ3) is 3.19. The van der Waals surface area contributed by atoms with Crippen molar-refractivity contribution in [3.8, 4) is 5.69 Å². The minimum Gasteiger partial charge on any atom is -0.349 e. The molecule has 5 nitrogen and oxygen atoms in total. The topological polar surface area (TPSA) is 59.8 Å². The third-order valence-electron chi connectivity index (χ3n) is 2.96. The SMILES string of the molecule is CC(C)C(=O)N[C@H](C)c1ccc(-n2cncn2)cc1. The number of carbonyl (C=O) groups excluding carboxylic acids is 1. The fourth-order valence-electron chi connectivity index (χ4n) is 1.72. The van der Waals surface area contributed by atoms with Gasteiger partial charge in [-0.25, -0.2) is 9.67 Å². The lowest BCUT2D eigenvalue weighted by atomic mass is 10.1. The van der Waals surface area contributed by atoms with E-state index < -0.39 is 0 Å². The van der Waals surface area contributed by atoms with Crippen molar-refractivity contribution in [1.29, 1.82) is 0 Å². The van der Waals surface area contributed by atoms with Crippen LogP contribution in [0.3, 0.4) is 0 Å². The van der Waals surface area contributed by atoms with Crippen LogP contribution in [0.15, 0.2) is 36.9 Å². The maximum absolute atomic E-state index is 11.6. The predicted molar refractivity (Wildman–Crippen MR) is 72.8 cm³/mol. The minimum absolute atomic E-state index is 0.000281. The highest BCUT2D eigenvalue weighted by molar-refractivity contribution is 5.78. The number of rotatable bonds is 4. The van der Waals surface area contributed by atoms with Gasteiger partial charge < -0.3 is 5.32 Å². The molecule has 0 aliphatic carbocycles. The van der Waals surface area contributed by atoms with Crippen LogP contribution in [0.2, 0.25) is 0 Å². The Morgan fingerprint density at radius 1 is 1.21 bits per heavy atom. The summed E-state index contributed by atoms with van der Waals surface area (Å²) in [5.41, 5.74) is 2.02. The molecule has 0 unspecified atom stereocenters. The molecule has 1 aromatic heterocycles. The van der Waals surface area contributed by atoms with Crippen LogP contribution >= 0.6 is 0 Å². The second-order valence-electron chi connectivity index (χ2n) is 4.82. The molecule has 0 saturated carbocycles. The highest BCUT2D eigenvalue weighted by Gasteiger charge is 2.12. The maximum atomic E-state index is 11.6. The number of carbonyl (C=O) groups is 1. The van der Waals surface area contributed by atoms with Gasteiger partial charge in [-0.15, -0.1) is 0 Å². The molecule has 0 bridgehead atoms. The van der Waals surface area contributed by atoms with E-state index in [2.05, 4.69) is 15.4 Å². The van der Waals surface area contributed by atoms with E-state index >= 15 is 0 Å². The first-order valence-corrected chi connectivity index (χ1v) is 6.33. The average Bonchev–Trinajstić information content (AvgIpc) is 2.92. The van der Waals surface area contributed by atoms with Crippen LogP contribution in [-0.4, -0.2) is 20.7 Å². The second kappa shape index (κ2) is 5.65. The predicted octanol–water partition coefficient (Wildman–Crippen LogP) is 2.10. The largest absolute Gasteiger partial charge is 0.349 e. The summed E-state index contributed by atoms with van der Waals surface area (Å²) in [5, 5.41) is 7.04. The van der Waals surface area contributed by atoms with Gasteiger partial charge in [0.25, 0.3) is 0 Å². The minimum atomic E-state index is -0.00290. The maximum Gasteiger partial charge on any atom is 0.223 e. The first-order valence-electron chi connectivity index (χ1n) is 6.33. The van der Waals surface area contributed by atoms with E-state index in [1.165, 1.54) is 6.33 Å². The molecule has 2 rings (SSSR count). The summed E-state index contributed by atoms with van der Waals surface area (Å²) in [7, 11) is 0. The van der Waals surface area contributed by atoms with Gasteiger partial charge >= 0.3 is 0 Å². The average molecular weight is 258 g/mol. The van der Waals surface area contributed by atoms with Crippen LogP contribution in [0.4, 0.5) is 0 Å². The summed E-state index contributed by atoms with van der Waals surface area (Å²) in [6.07, 6.45) is 3.15. The Labute approximate surface area is 112 Å². The lowest BCUT2D eigenvalue weighted by molar-refractivity contribution is -0.124. The summed E-state index contributed by atoms with van der Waals surface area (Å²) in [6, 6.07) is 7.90. The molecule has 2 aromatic rings. The molecular formula is C14H18N4O. The van der Waals surface area contributed by atoms with Crippen molar-refractivity contribution in [1.82, 2.24) is 20.1 Å². The van der Waals surface area contributed by atoms with Crippen LogP contribution in [0, 0.1) is 5.92 Å². The Morgan fingerprint density at radius 3 is 2.42 bits per heavy atom. The molecule has 1 aromatic carbocycles. The zero-order valence-electron chi connectivity index (χ0n) is 11.4. The molecule has 0 radical (unpaired) electrons. The normalized spacial score (nSPS) is 12.4. The van der Waals surface area contributed by atoms with Crippen molar-refractivity contribution in [2.75, 3.05) is 0 Å². The lowest BCUT2D eigenvalue weighted by Gasteiger charge is -2.16. The number of hydrogen-bond acceptors (Lipinski definition) is 3. The highest BCUT2D eigenvalue weighted by atomic mass is 16.1. The zero-order chi connectivity index (χ0) is 13.8. The van der Waals surface area contributed by atoms with Crippen molar-refractivity contribution in [3.63, 3.8) is 0 Å². The molecule has 5 heteroatoms. The van der Waals surface area contributed by atoms with Gasteiger partial charge in [0.05, 0.1) is 11.7 Å². The van der Waals surface area contributed by atoms with Gasteiger partial charge in [0, 0.05) is 5.92 Å². The summed E-state index contributed by atoms with van der Waals surface area (Å²) in [6.45, 7) is 5.75. The Hall–Kier alpha value is -2.17. The van der Waals surface area contributed by atoms with Gasteiger partial charge in [0.15, 0.2) is 0 Å². The van der Waals surface area contributed by atoms with Crippen LogP contribution in [0.1, 0.15) is 32.4 Å². The Balaban J connectivity index is 2.08. The summed E-state index contributed by atoms with van der Waals surface area (Å²) < 4.78 is 1.70. The van der Waals surface area contributed by atoms with E-state index in [-0.39, 0.29) is 17.9 Å². The summed E-state index contributed by atoms with van der Waals surface area (Å²) >= 11 is 0. The zero-order valence-corrected chi connectivity index (χ0v) is 11.4. The van der Waals surface area contributed by atoms with Gasteiger partial charge in [-0.1, -0.05) is 26.0 Å². The van der Waals surface area contributed by atoms with E-state index in [0.29, 0.717) is 0 Å². The summed E-state index contributed by atoms with van der Waals surface area (Å²) in [5.74, 6) is 0.0599. The fraction of sp³-hybridized carbons (Fsp3) is 0.357. The summed E-state index contributed by atoms with van der Waals surface area (Å²) in [4.78, 5) is 15.6. The van der Waals surface area contributed by atoms with Crippen LogP contribution in [-0.2, 0) is 4.79 Å². The Bertz CT molecular complexity index is 531. The Kier molecular flexibility index (Phi) is 3.94. The van der Waals surface area contributed by atoms with Gasteiger partial charge in [-0.3, -0.25) is 4.79 Å². The van der Waals surface area contributed by atoms with E-state index in [1.807, 2.05) is 45.0 Å². The first kappa shape index (κ1) is 13.3. The van der Waals surface area contributed by atoms with E-state index in [9.17, 15) is 4.79 Å². The Morgan fingerprint density at radius 2 is 1.89 bits per heavy atom. The molecule has 1 amide bonds. The van der Waals surface area contributed by atoms with E-state index in [1.54, 1.807) is 11.0 Å². The van der Waals surface area contributed by atoms with Crippen molar-refractivity contribution in [2.24, 2.45) is 5.92 Å². The number of hydrogen-bond donors (Lipinski definition) is 1. The van der Waals surface area contributed by atoms with Gasteiger partial charge in [0.1, 0.15) is 12.7 Å². The first-order chi connectivity index (χ1) is 9.08. The molecule has 0 aliphatic heterocycles. The smallest absolute Gasteiger partial charge is 0.223 e. The van der Waals surface area contributed by atoms with E-state index in [4.69, 9.17) is 0 Å². The lowest BCUT2D eigenvalue weighted by Crippen LogP contribution is -2.30. The molecule has 0 saturated heterocycles. The van der Waals surface area contributed by atoms with Crippen molar-refractivity contribution in [3.05, 3.63) is 42.5 Å². The second-order valence-corrected chi connectivity index (χ2v) is 4.82. The molecule has 100 valence electrons. The van der Waals surface area contributed by atoms with E-state index in [0.717, 1.165) is 11.3 Å². The van der Waals surface area contributed by atoms with Crippen molar-refractivity contribution >= 4 is 5.91 Å². The number of nitrogens with zero attached hydrogens (tertiary/aromatic N) is 3. The third-order valence-corrected chi connectivity index (χ3v) is 2.96. The molecule has 1 N–H and O–H groups in total. The molecular weight excluding hydrogens is 240 g/mol. The van der Waals surface area contributed by atoms with Gasteiger partial charge in [-0.2, -0.15) is 5.10 Å². The standard InChI is InChI=1S/C14H18N4O/c1-10(2)14(19)17-11(3)12-4-6-13(7-5-12)18-9-15-8-16-18/h4-11H,1-3H3,(H,17,19)/t11-/m1/s1. The van der Waals surface area contributed by atoms with Crippen LogP contribution in [0.5, 0.6) is 0 Å². The number of nitrogens with one attached hydrogen (secondary N) is 1. The van der Waals surface area contributed by atoms with Crippen molar-refractivity contribution in [2.45, 2.75) is 26.8 Å². The van der Waals surface area contributed by atoms with Gasteiger partial charge in [-0.05, 0) is 24.6 Å². The number of amides is 1. The quantitative estimate of drug-likeness (QED) is 0.913. The highest BCUT2D eigenvalue weighted by Crippen LogP contribution is 2.15. The molecule has 0 aliphatic rings. The van der Waals surface area contributed by atoms with Crippen LogP contribution < -0.4 is 5.32 Å². The molecule has 19 heavy (non-hydrogen) atoms. The molecule has 0 spiro atoms. The molecule has 1 atom stereocenters. The molecule has 1 heterocycles. The number of benzene rings is 1.